The van der Waals surface area contributed by atoms with Crippen LogP contribution in [0.1, 0.15) is 59.4 Å². The van der Waals surface area contributed by atoms with Crippen molar-refractivity contribution < 1.29 is 0 Å². The van der Waals surface area contributed by atoms with Gasteiger partial charge in [-0.2, -0.15) is 0 Å². The molecular formula is C21H36N2. The van der Waals surface area contributed by atoms with Crippen molar-refractivity contribution in [3.63, 3.8) is 0 Å². The van der Waals surface area contributed by atoms with Gasteiger partial charge in [0, 0.05) is 38.1 Å². The minimum atomic E-state index is 0.564. The summed E-state index contributed by atoms with van der Waals surface area (Å²) < 4.78 is 0. The van der Waals surface area contributed by atoms with Gasteiger partial charge in [-0.05, 0) is 43.4 Å². The molecule has 2 nitrogen and oxygen atoms in total. The second-order valence-corrected chi connectivity index (χ2v) is 6.73. The number of nitrogens with zero attached hydrogens (tertiary/aromatic N) is 2. The van der Waals surface area contributed by atoms with Crippen LogP contribution in [0.25, 0.3) is 0 Å². The summed E-state index contributed by atoms with van der Waals surface area (Å²) in [5.74, 6) is 0.564. The minimum absolute atomic E-state index is 0.564. The van der Waals surface area contributed by atoms with E-state index in [0.29, 0.717) is 5.92 Å². The SMILES string of the molecule is C/C=C(\C(C)C)N(C)Cc1cccc(N(CCC)CCCC)c1. The van der Waals surface area contributed by atoms with Gasteiger partial charge in [0.05, 0.1) is 0 Å². The van der Waals surface area contributed by atoms with Gasteiger partial charge < -0.3 is 9.80 Å². The molecule has 0 aliphatic heterocycles. The first-order valence-corrected chi connectivity index (χ1v) is 9.24. The molecule has 0 heterocycles. The fourth-order valence-electron chi connectivity index (χ4n) is 3.20. The summed E-state index contributed by atoms with van der Waals surface area (Å²) in [7, 11) is 2.20. The first-order valence-electron chi connectivity index (χ1n) is 9.24. The third kappa shape index (κ3) is 6.29. The summed E-state index contributed by atoms with van der Waals surface area (Å²) in [6.45, 7) is 14.5. The quantitative estimate of drug-likeness (QED) is 0.546. The van der Waals surface area contributed by atoms with E-state index in [1.165, 1.54) is 36.2 Å². The highest BCUT2D eigenvalue weighted by Gasteiger charge is 2.10. The van der Waals surface area contributed by atoms with Crippen molar-refractivity contribution in [2.75, 3.05) is 25.0 Å². The van der Waals surface area contributed by atoms with Gasteiger partial charge in [-0.25, -0.2) is 0 Å². The molecule has 0 N–H and O–H groups in total. The number of benzene rings is 1. The molecule has 0 saturated carbocycles. The number of rotatable bonds is 10. The van der Waals surface area contributed by atoms with Gasteiger partial charge in [-0.3, -0.25) is 0 Å². The van der Waals surface area contributed by atoms with Gasteiger partial charge in [-0.1, -0.05) is 52.3 Å². The Morgan fingerprint density at radius 1 is 1.13 bits per heavy atom. The van der Waals surface area contributed by atoms with Gasteiger partial charge in [0.15, 0.2) is 0 Å². The van der Waals surface area contributed by atoms with Crippen molar-refractivity contribution in [2.45, 2.75) is 60.4 Å². The van der Waals surface area contributed by atoms with Crippen LogP contribution in [0.2, 0.25) is 0 Å². The number of allylic oxidation sites excluding steroid dienone is 2. The van der Waals surface area contributed by atoms with Crippen LogP contribution in [0.15, 0.2) is 36.0 Å². The molecule has 130 valence electrons. The molecule has 23 heavy (non-hydrogen) atoms. The molecular weight excluding hydrogens is 280 g/mol. The molecule has 0 spiro atoms. The highest BCUT2D eigenvalue weighted by Crippen LogP contribution is 2.21. The molecule has 0 fully saturated rings. The van der Waals surface area contributed by atoms with Crippen molar-refractivity contribution in [1.29, 1.82) is 0 Å². The average molecular weight is 317 g/mol. The molecule has 0 aliphatic carbocycles. The van der Waals surface area contributed by atoms with E-state index in [-0.39, 0.29) is 0 Å². The van der Waals surface area contributed by atoms with E-state index in [1.54, 1.807) is 0 Å². The van der Waals surface area contributed by atoms with Crippen LogP contribution in [0.4, 0.5) is 5.69 Å². The van der Waals surface area contributed by atoms with Crippen LogP contribution in [0.3, 0.4) is 0 Å². The Morgan fingerprint density at radius 3 is 2.43 bits per heavy atom. The number of hydrogen-bond donors (Lipinski definition) is 0. The molecule has 0 radical (unpaired) electrons. The lowest BCUT2D eigenvalue weighted by Crippen LogP contribution is -2.25. The van der Waals surface area contributed by atoms with Crippen molar-refractivity contribution in [3.05, 3.63) is 41.6 Å². The Hall–Kier alpha value is -1.44. The Bertz CT molecular complexity index is 476. The van der Waals surface area contributed by atoms with E-state index < -0.39 is 0 Å². The molecule has 1 aromatic rings. The minimum Gasteiger partial charge on any atom is -0.374 e. The van der Waals surface area contributed by atoms with Gasteiger partial charge >= 0.3 is 0 Å². The van der Waals surface area contributed by atoms with Gasteiger partial charge in [0.1, 0.15) is 0 Å². The Labute approximate surface area is 144 Å². The summed E-state index contributed by atoms with van der Waals surface area (Å²) in [6, 6.07) is 9.08. The molecule has 0 bridgehead atoms. The number of unbranched alkanes of at least 4 members (excludes halogenated alkanes) is 1. The molecule has 0 saturated heterocycles. The van der Waals surface area contributed by atoms with E-state index in [4.69, 9.17) is 0 Å². The van der Waals surface area contributed by atoms with Crippen LogP contribution in [-0.4, -0.2) is 25.0 Å². The number of anilines is 1. The Morgan fingerprint density at radius 2 is 1.87 bits per heavy atom. The lowest BCUT2D eigenvalue weighted by atomic mass is 10.1. The molecule has 0 aromatic heterocycles. The van der Waals surface area contributed by atoms with Gasteiger partial charge in [-0.15, -0.1) is 0 Å². The van der Waals surface area contributed by atoms with Crippen molar-refractivity contribution in [3.8, 4) is 0 Å². The maximum Gasteiger partial charge on any atom is 0.0423 e. The summed E-state index contributed by atoms with van der Waals surface area (Å²) >= 11 is 0. The fourth-order valence-corrected chi connectivity index (χ4v) is 3.20. The summed E-state index contributed by atoms with van der Waals surface area (Å²) in [5.41, 5.74) is 4.17. The largest absolute Gasteiger partial charge is 0.374 e. The Kier molecular flexibility index (Phi) is 8.83. The zero-order chi connectivity index (χ0) is 17.2. The smallest absolute Gasteiger partial charge is 0.0423 e. The topological polar surface area (TPSA) is 6.48 Å². The molecule has 1 rings (SSSR count). The predicted octanol–water partition coefficient (Wildman–Crippen LogP) is 5.69. The summed E-state index contributed by atoms with van der Waals surface area (Å²) in [4.78, 5) is 4.91. The predicted molar refractivity (Wildman–Crippen MR) is 104 cm³/mol. The molecule has 0 aliphatic rings. The first-order chi connectivity index (χ1) is 11.0. The normalized spacial score (nSPS) is 11.9. The van der Waals surface area contributed by atoms with Crippen LogP contribution in [-0.2, 0) is 6.54 Å². The van der Waals surface area contributed by atoms with Crippen molar-refractivity contribution in [1.82, 2.24) is 4.90 Å². The average Bonchev–Trinajstić information content (AvgIpc) is 2.52. The number of hydrogen-bond acceptors (Lipinski definition) is 2. The van der Waals surface area contributed by atoms with Gasteiger partial charge in [0.2, 0.25) is 0 Å². The monoisotopic (exact) mass is 316 g/mol. The Balaban J connectivity index is 2.86. The molecule has 1 aromatic carbocycles. The second-order valence-electron chi connectivity index (χ2n) is 6.73. The zero-order valence-electron chi connectivity index (χ0n) is 16.1. The lowest BCUT2D eigenvalue weighted by Gasteiger charge is -2.27. The maximum atomic E-state index is 2.53. The molecule has 0 amide bonds. The van der Waals surface area contributed by atoms with Crippen LogP contribution >= 0.6 is 0 Å². The van der Waals surface area contributed by atoms with E-state index in [9.17, 15) is 0 Å². The third-order valence-electron chi connectivity index (χ3n) is 4.30. The molecule has 0 atom stereocenters. The van der Waals surface area contributed by atoms with E-state index >= 15 is 0 Å². The second kappa shape index (κ2) is 10.4. The first kappa shape index (κ1) is 19.6. The van der Waals surface area contributed by atoms with Crippen molar-refractivity contribution >= 4 is 5.69 Å². The molecule has 2 heteroatoms. The summed E-state index contributed by atoms with van der Waals surface area (Å²) in [6.07, 6.45) is 5.95. The standard InChI is InChI=1S/C21H36N2/c1-7-10-15-23(14-8-2)20-13-11-12-19(16-20)17-22(6)21(9-3)18(4)5/h9,11-13,16,18H,7-8,10,14-15,17H2,1-6H3/b21-9+. The van der Waals surface area contributed by atoms with E-state index in [2.05, 4.69) is 81.8 Å². The maximum absolute atomic E-state index is 2.53. The van der Waals surface area contributed by atoms with Crippen LogP contribution in [0, 0.1) is 5.92 Å². The van der Waals surface area contributed by atoms with Crippen LogP contribution < -0.4 is 4.90 Å². The highest BCUT2D eigenvalue weighted by molar-refractivity contribution is 5.48. The van der Waals surface area contributed by atoms with E-state index in [0.717, 1.165) is 19.6 Å². The van der Waals surface area contributed by atoms with Gasteiger partial charge in [0.25, 0.3) is 0 Å². The highest BCUT2D eigenvalue weighted by atomic mass is 15.1. The van der Waals surface area contributed by atoms with E-state index in [1.807, 2.05) is 0 Å². The molecule has 0 unspecified atom stereocenters. The summed E-state index contributed by atoms with van der Waals surface area (Å²) in [5, 5.41) is 0. The lowest BCUT2D eigenvalue weighted by molar-refractivity contribution is 0.367. The van der Waals surface area contributed by atoms with Crippen molar-refractivity contribution in [2.24, 2.45) is 5.92 Å². The zero-order valence-corrected chi connectivity index (χ0v) is 16.1. The van der Waals surface area contributed by atoms with Crippen LogP contribution in [0.5, 0.6) is 0 Å². The third-order valence-corrected chi connectivity index (χ3v) is 4.30. The fraction of sp³-hybridized carbons (Fsp3) is 0.619.